The molecule has 9 heteroatoms. The van der Waals surface area contributed by atoms with Gasteiger partial charge in [0.1, 0.15) is 0 Å². The van der Waals surface area contributed by atoms with Crippen molar-refractivity contribution in [2.24, 2.45) is 0 Å². The van der Waals surface area contributed by atoms with Crippen LogP contribution in [0.15, 0.2) is 60.7 Å². The van der Waals surface area contributed by atoms with Gasteiger partial charge < -0.3 is 0 Å². The standard InChI is InChI=1S/2C6HF4.2C6H7.Ti/c2*7-3-1-2-4(8)6(10)5(3)9;2*1-6-4-2-3-5-6;/h2*1H;2*2-5H,1H3;/q4*-1;+4. The second-order valence-electron chi connectivity index (χ2n) is 6.08. The summed E-state index contributed by atoms with van der Waals surface area (Å²) in [5.41, 5.74) is 2.69. The average Bonchev–Trinajstić information content (AvgIpc) is 3.45. The first-order chi connectivity index (χ1) is 15.0. The van der Waals surface area contributed by atoms with Gasteiger partial charge in [-0.15, -0.1) is 24.3 Å². The number of hydrogen-bond acceptors (Lipinski definition) is 0. The Morgan fingerprint density at radius 1 is 0.515 bits per heavy atom. The first-order valence-electron chi connectivity index (χ1n) is 8.82. The van der Waals surface area contributed by atoms with Crippen molar-refractivity contribution in [2.75, 3.05) is 0 Å². The molecule has 4 aromatic carbocycles. The summed E-state index contributed by atoms with van der Waals surface area (Å²) in [7, 11) is 0. The minimum absolute atomic E-state index is 0. The van der Waals surface area contributed by atoms with E-state index in [1.165, 1.54) is 11.1 Å². The Morgan fingerprint density at radius 3 is 0.970 bits per heavy atom. The molecule has 0 bridgehead atoms. The molecule has 0 aliphatic carbocycles. The number of hydrogen-bond donors (Lipinski definition) is 0. The van der Waals surface area contributed by atoms with Gasteiger partial charge in [0.05, 0.1) is 23.3 Å². The van der Waals surface area contributed by atoms with Gasteiger partial charge in [-0.05, 0) is 0 Å². The van der Waals surface area contributed by atoms with Crippen LogP contribution in [-0.2, 0) is 21.7 Å². The number of benzene rings is 2. The average molecular weight is 504 g/mol. The maximum atomic E-state index is 12.0. The molecule has 0 saturated heterocycles. The Labute approximate surface area is 201 Å². The Kier molecular flexibility index (Phi) is 13.9. The van der Waals surface area contributed by atoms with Crippen molar-refractivity contribution in [3.63, 3.8) is 0 Å². The Bertz CT molecular complexity index is 933. The summed E-state index contributed by atoms with van der Waals surface area (Å²) in [4.78, 5) is 0. The maximum Gasteiger partial charge on any atom is 4.00 e. The van der Waals surface area contributed by atoms with Gasteiger partial charge in [-0.2, -0.15) is 35.4 Å². The van der Waals surface area contributed by atoms with E-state index in [9.17, 15) is 35.1 Å². The summed E-state index contributed by atoms with van der Waals surface area (Å²) in [5.74, 6) is -13.2. The third kappa shape index (κ3) is 10.6. The van der Waals surface area contributed by atoms with Crippen LogP contribution < -0.4 is 0 Å². The fourth-order valence-corrected chi connectivity index (χ4v) is 1.85. The monoisotopic (exact) mass is 504 g/mol. The smallest absolute Gasteiger partial charge is 0.281 e. The molecule has 0 aliphatic heterocycles. The van der Waals surface area contributed by atoms with Gasteiger partial charge in [0.15, 0.2) is 0 Å². The summed E-state index contributed by atoms with van der Waals surface area (Å²) in [6.45, 7) is 4.17. The third-order valence-electron chi connectivity index (χ3n) is 3.50. The molecule has 0 unspecified atom stereocenters. The van der Waals surface area contributed by atoms with Crippen LogP contribution in [0.2, 0.25) is 0 Å². The van der Waals surface area contributed by atoms with Crippen LogP contribution in [0.25, 0.3) is 0 Å². The predicted octanol–water partition coefficient (Wildman–Crippen LogP) is 7.51. The molecule has 0 saturated carbocycles. The molecule has 0 nitrogen and oxygen atoms in total. The molecule has 4 aromatic rings. The molecule has 4 rings (SSSR count). The molecule has 0 spiro atoms. The summed E-state index contributed by atoms with van der Waals surface area (Å²) < 4.78 is 95.6. The van der Waals surface area contributed by atoms with Crippen LogP contribution in [0.5, 0.6) is 0 Å². The van der Waals surface area contributed by atoms with Gasteiger partial charge in [0.2, 0.25) is 0 Å². The van der Waals surface area contributed by atoms with Gasteiger partial charge >= 0.3 is 21.7 Å². The minimum Gasteiger partial charge on any atom is -0.281 e. The molecule has 33 heavy (non-hydrogen) atoms. The van der Waals surface area contributed by atoms with Crippen LogP contribution in [0.3, 0.4) is 0 Å². The first kappa shape index (κ1) is 30.3. The molecule has 0 N–H and O–H groups in total. The molecular weight excluding hydrogens is 488 g/mol. The van der Waals surface area contributed by atoms with Crippen LogP contribution >= 0.6 is 0 Å². The van der Waals surface area contributed by atoms with Gasteiger partial charge in [0, 0.05) is 23.3 Å². The second kappa shape index (κ2) is 15.2. The van der Waals surface area contributed by atoms with Crippen molar-refractivity contribution < 1.29 is 56.8 Å². The first-order valence-corrected chi connectivity index (χ1v) is 8.82. The van der Waals surface area contributed by atoms with Crippen molar-refractivity contribution in [3.05, 3.63) is 130 Å². The van der Waals surface area contributed by atoms with E-state index in [0.717, 1.165) is 0 Å². The van der Waals surface area contributed by atoms with Crippen molar-refractivity contribution in [2.45, 2.75) is 13.8 Å². The largest absolute Gasteiger partial charge is 4.00 e. The van der Waals surface area contributed by atoms with E-state index >= 15 is 0 Å². The zero-order valence-corrected chi connectivity index (χ0v) is 18.9. The van der Waals surface area contributed by atoms with E-state index in [4.69, 9.17) is 0 Å². The normalized spacial score (nSPS) is 9.27. The second-order valence-corrected chi connectivity index (χ2v) is 6.08. The zero-order valence-electron chi connectivity index (χ0n) is 17.3. The van der Waals surface area contributed by atoms with Crippen molar-refractivity contribution in [3.8, 4) is 0 Å². The fourth-order valence-electron chi connectivity index (χ4n) is 1.85. The van der Waals surface area contributed by atoms with Gasteiger partial charge in [-0.25, -0.2) is 41.8 Å². The number of halogens is 8. The van der Waals surface area contributed by atoms with Gasteiger partial charge in [-0.1, -0.05) is 13.8 Å². The fraction of sp³-hybridized carbons (Fsp3) is 0.0833. The third-order valence-corrected chi connectivity index (χ3v) is 3.50. The summed E-state index contributed by atoms with van der Waals surface area (Å²) >= 11 is 0. The maximum absolute atomic E-state index is 12.0. The Balaban J connectivity index is 0.000000420. The van der Waals surface area contributed by atoms with Crippen molar-refractivity contribution >= 4 is 0 Å². The van der Waals surface area contributed by atoms with E-state index in [1.807, 2.05) is 24.3 Å². The SMILES string of the molecule is C[c-]1cccc1.C[c-]1cccc1.Fc1[c-]cc(F)c(F)c1F.Fc1[c-]cc(F)c(F)c1F.[Ti+4]. The summed E-state index contributed by atoms with van der Waals surface area (Å²) in [5, 5.41) is 0. The molecule has 0 atom stereocenters. The van der Waals surface area contributed by atoms with Crippen LogP contribution in [0.1, 0.15) is 11.1 Å². The Hall–Kier alpha value is -2.71. The number of rotatable bonds is 0. The van der Waals surface area contributed by atoms with Crippen LogP contribution in [0.4, 0.5) is 35.1 Å². The summed E-state index contributed by atoms with van der Waals surface area (Å²) in [6, 6.07) is 20.4. The molecule has 172 valence electrons. The zero-order chi connectivity index (χ0) is 24.3. The molecule has 0 fully saturated rings. The molecule has 0 radical (unpaired) electrons. The van der Waals surface area contributed by atoms with E-state index in [2.05, 4.69) is 38.1 Å². The molecule has 0 heterocycles. The molecule has 0 aliphatic rings. The predicted molar refractivity (Wildman–Crippen MR) is 104 cm³/mol. The quantitative estimate of drug-likeness (QED) is 0.0765. The molecular formula is C24H16F8Ti. The molecule has 0 aromatic heterocycles. The van der Waals surface area contributed by atoms with Crippen molar-refractivity contribution in [1.29, 1.82) is 0 Å². The Morgan fingerprint density at radius 2 is 0.788 bits per heavy atom. The topological polar surface area (TPSA) is 0 Å². The molecule has 0 amide bonds. The van der Waals surface area contributed by atoms with Crippen LogP contribution in [-0.4, -0.2) is 0 Å². The van der Waals surface area contributed by atoms with Gasteiger partial charge in [0.25, 0.3) is 0 Å². The van der Waals surface area contributed by atoms with E-state index in [0.29, 0.717) is 12.1 Å². The summed E-state index contributed by atoms with van der Waals surface area (Å²) in [6.07, 6.45) is 0. The van der Waals surface area contributed by atoms with E-state index in [-0.39, 0.29) is 21.7 Å². The number of aryl methyl sites for hydroxylation is 2. The van der Waals surface area contributed by atoms with Crippen LogP contribution in [0, 0.1) is 72.5 Å². The minimum atomic E-state index is -1.83. The van der Waals surface area contributed by atoms with E-state index < -0.39 is 46.5 Å². The van der Waals surface area contributed by atoms with E-state index in [1.54, 1.807) is 12.1 Å². The van der Waals surface area contributed by atoms with Gasteiger partial charge in [-0.3, -0.25) is 17.6 Å². The van der Waals surface area contributed by atoms with Crippen molar-refractivity contribution in [1.82, 2.24) is 0 Å².